The zero-order chi connectivity index (χ0) is 19.8. The van der Waals surface area contributed by atoms with E-state index in [9.17, 15) is 20.2 Å². The summed E-state index contributed by atoms with van der Waals surface area (Å²) in [6.45, 7) is 4.00. The molecule has 0 heterocycles. The second kappa shape index (κ2) is 9.15. The van der Waals surface area contributed by atoms with Gasteiger partial charge in [0, 0.05) is 30.1 Å². The number of nitrogens with zero attached hydrogens (tertiary/aromatic N) is 2. The van der Waals surface area contributed by atoms with Crippen LogP contribution in [-0.4, -0.2) is 10.8 Å². The van der Waals surface area contributed by atoms with Gasteiger partial charge in [0.25, 0.3) is 11.6 Å². The third-order valence-electron chi connectivity index (χ3n) is 4.05. The predicted molar refractivity (Wildman–Crippen MR) is 103 cm³/mol. The molecule has 0 saturated carbocycles. The second-order valence-electron chi connectivity index (χ2n) is 5.91. The quantitative estimate of drug-likeness (QED) is 0.336. The molecule has 0 bridgehead atoms. The molecule has 0 radical (unpaired) electrons. The number of nitriles is 1. The van der Waals surface area contributed by atoms with Crippen molar-refractivity contribution in [2.75, 3.05) is 5.32 Å². The first-order valence-corrected chi connectivity index (χ1v) is 8.45. The van der Waals surface area contributed by atoms with Gasteiger partial charge in [0.15, 0.2) is 0 Å². The SMILES string of the molecule is CCc1ccc(C(C)N/C=C(/C#N)C(=O)Nc2cccc([N+](=O)[O-])c2)cc1. The van der Waals surface area contributed by atoms with E-state index in [2.05, 4.69) is 17.6 Å². The molecular formula is C20H20N4O3. The highest BCUT2D eigenvalue weighted by Crippen LogP contribution is 2.18. The Kier molecular flexibility index (Phi) is 6.67. The molecule has 0 aliphatic heterocycles. The number of aryl methyl sites for hydroxylation is 1. The predicted octanol–water partition coefficient (Wildman–Crippen LogP) is 3.85. The van der Waals surface area contributed by atoms with Crippen LogP contribution in [0.4, 0.5) is 11.4 Å². The maximum atomic E-state index is 12.2. The average Bonchev–Trinajstić information content (AvgIpc) is 2.68. The number of hydrogen-bond donors (Lipinski definition) is 2. The molecule has 2 N–H and O–H groups in total. The molecule has 7 nitrogen and oxygen atoms in total. The van der Waals surface area contributed by atoms with Gasteiger partial charge < -0.3 is 10.6 Å². The summed E-state index contributed by atoms with van der Waals surface area (Å²) in [5.41, 5.74) is 2.24. The fourth-order valence-electron chi connectivity index (χ4n) is 2.39. The van der Waals surface area contributed by atoms with Gasteiger partial charge in [0.05, 0.1) is 4.92 Å². The largest absolute Gasteiger partial charge is 0.383 e. The number of nitro benzene ring substituents is 1. The van der Waals surface area contributed by atoms with Gasteiger partial charge in [-0.2, -0.15) is 5.26 Å². The summed E-state index contributed by atoms with van der Waals surface area (Å²) in [7, 11) is 0. The van der Waals surface area contributed by atoms with Crippen LogP contribution in [0.3, 0.4) is 0 Å². The van der Waals surface area contributed by atoms with Gasteiger partial charge in [-0.1, -0.05) is 37.3 Å². The molecule has 1 unspecified atom stereocenters. The van der Waals surface area contributed by atoms with Gasteiger partial charge in [-0.3, -0.25) is 14.9 Å². The molecule has 0 aromatic heterocycles. The van der Waals surface area contributed by atoms with Crippen molar-refractivity contribution in [1.82, 2.24) is 5.32 Å². The highest BCUT2D eigenvalue weighted by Gasteiger charge is 2.13. The molecule has 27 heavy (non-hydrogen) atoms. The Bertz CT molecular complexity index is 898. The highest BCUT2D eigenvalue weighted by molar-refractivity contribution is 6.06. The molecule has 1 amide bonds. The topological polar surface area (TPSA) is 108 Å². The smallest absolute Gasteiger partial charge is 0.271 e. The van der Waals surface area contributed by atoms with Crippen molar-refractivity contribution in [2.24, 2.45) is 0 Å². The average molecular weight is 364 g/mol. The van der Waals surface area contributed by atoms with E-state index in [1.165, 1.54) is 36.0 Å². The van der Waals surface area contributed by atoms with Crippen molar-refractivity contribution in [3.8, 4) is 6.07 Å². The molecule has 0 spiro atoms. The number of non-ortho nitro benzene ring substituents is 1. The Morgan fingerprint density at radius 1 is 1.30 bits per heavy atom. The van der Waals surface area contributed by atoms with E-state index in [-0.39, 0.29) is 23.0 Å². The molecule has 7 heteroatoms. The first-order valence-electron chi connectivity index (χ1n) is 8.45. The third-order valence-corrected chi connectivity index (χ3v) is 4.05. The van der Waals surface area contributed by atoms with Gasteiger partial charge in [-0.05, 0) is 30.5 Å². The fourth-order valence-corrected chi connectivity index (χ4v) is 2.39. The zero-order valence-corrected chi connectivity index (χ0v) is 15.1. The van der Waals surface area contributed by atoms with Crippen molar-refractivity contribution >= 4 is 17.3 Å². The monoisotopic (exact) mass is 364 g/mol. The minimum atomic E-state index is -0.640. The van der Waals surface area contributed by atoms with Gasteiger partial charge >= 0.3 is 0 Å². The number of hydrogen-bond acceptors (Lipinski definition) is 5. The number of carbonyl (C=O) groups excluding carboxylic acids is 1. The minimum absolute atomic E-state index is 0.0927. The number of rotatable bonds is 7. The molecule has 1 atom stereocenters. The number of anilines is 1. The van der Waals surface area contributed by atoms with Gasteiger partial charge in [-0.15, -0.1) is 0 Å². The Morgan fingerprint density at radius 3 is 2.59 bits per heavy atom. The molecule has 0 aliphatic carbocycles. The van der Waals surface area contributed by atoms with E-state index in [0.717, 1.165) is 12.0 Å². The van der Waals surface area contributed by atoms with E-state index in [4.69, 9.17) is 0 Å². The molecule has 2 rings (SSSR count). The van der Waals surface area contributed by atoms with Crippen LogP contribution in [-0.2, 0) is 11.2 Å². The Labute approximate surface area is 157 Å². The van der Waals surface area contributed by atoms with Crippen molar-refractivity contribution in [3.63, 3.8) is 0 Å². The fraction of sp³-hybridized carbons (Fsp3) is 0.200. The standard InChI is InChI=1S/C20H20N4O3/c1-3-15-7-9-16(10-8-15)14(2)22-13-17(12-21)20(25)23-18-5-4-6-19(11-18)24(26)27/h4-11,13-14,22H,3H2,1-2H3,(H,23,25)/b17-13-. The summed E-state index contributed by atoms with van der Waals surface area (Å²) in [5, 5.41) is 25.6. The Balaban J connectivity index is 2.06. The van der Waals surface area contributed by atoms with E-state index in [1.807, 2.05) is 37.3 Å². The van der Waals surface area contributed by atoms with Gasteiger partial charge in [0.2, 0.25) is 0 Å². The van der Waals surface area contributed by atoms with E-state index >= 15 is 0 Å². The third kappa shape index (κ3) is 5.41. The molecular weight excluding hydrogens is 344 g/mol. The highest BCUT2D eigenvalue weighted by atomic mass is 16.6. The number of nitrogens with one attached hydrogen (secondary N) is 2. The maximum absolute atomic E-state index is 12.2. The first kappa shape index (κ1) is 19.7. The summed E-state index contributed by atoms with van der Waals surface area (Å²) in [6, 6.07) is 15.4. The van der Waals surface area contributed by atoms with Crippen LogP contribution in [0.25, 0.3) is 0 Å². The van der Waals surface area contributed by atoms with Crippen molar-refractivity contribution in [1.29, 1.82) is 5.26 Å². The minimum Gasteiger partial charge on any atom is -0.383 e. The number of nitro groups is 1. The summed E-state index contributed by atoms with van der Waals surface area (Å²) >= 11 is 0. The van der Waals surface area contributed by atoms with Crippen LogP contribution in [0.1, 0.15) is 31.0 Å². The Morgan fingerprint density at radius 2 is 2.00 bits per heavy atom. The zero-order valence-electron chi connectivity index (χ0n) is 15.1. The lowest BCUT2D eigenvalue weighted by Gasteiger charge is -2.13. The van der Waals surface area contributed by atoms with Crippen LogP contribution < -0.4 is 10.6 Å². The summed E-state index contributed by atoms with van der Waals surface area (Å²) in [6.07, 6.45) is 2.31. The van der Waals surface area contributed by atoms with Gasteiger partial charge in [0.1, 0.15) is 11.6 Å². The van der Waals surface area contributed by atoms with Gasteiger partial charge in [-0.25, -0.2) is 0 Å². The molecule has 138 valence electrons. The lowest BCUT2D eigenvalue weighted by Crippen LogP contribution is -2.18. The summed E-state index contributed by atoms with van der Waals surface area (Å²) in [5.74, 6) is -0.640. The lowest BCUT2D eigenvalue weighted by atomic mass is 10.1. The molecule has 0 fully saturated rings. The first-order chi connectivity index (χ1) is 12.9. The molecule has 2 aromatic rings. The van der Waals surface area contributed by atoms with Crippen molar-refractivity contribution in [2.45, 2.75) is 26.3 Å². The van der Waals surface area contributed by atoms with E-state index < -0.39 is 10.8 Å². The number of amides is 1. The van der Waals surface area contributed by atoms with Crippen LogP contribution in [0.5, 0.6) is 0 Å². The van der Waals surface area contributed by atoms with Crippen LogP contribution in [0, 0.1) is 21.4 Å². The second-order valence-corrected chi connectivity index (χ2v) is 5.91. The Hall–Kier alpha value is -3.66. The van der Waals surface area contributed by atoms with Crippen LogP contribution in [0.15, 0.2) is 60.3 Å². The normalized spacial score (nSPS) is 12.0. The maximum Gasteiger partial charge on any atom is 0.271 e. The number of carbonyl (C=O) groups is 1. The lowest BCUT2D eigenvalue weighted by molar-refractivity contribution is -0.384. The van der Waals surface area contributed by atoms with Crippen LogP contribution >= 0.6 is 0 Å². The van der Waals surface area contributed by atoms with Crippen molar-refractivity contribution in [3.05, 3.63) is 81.5 Å². The molecule has 2 aromatic carbocycles. The number of benzene rings is 2. The van der Waals surface area contributed by atoms with E-state index in [1.54, 1.807) is 0 Å². The summed E-state index contributed by atoms with van der Waals surface area (Å²) in [4.78, 5) is 22.5. The van der Waals surface area contributed by atoms with Crippen molar-refractivity contribution < 1.29 is 9.72 Å². The molecule has 0 aliphatic rings. The van der Waals surface area contributed by atoms with Crippen LogP contribution in [0.2, 0.25) is 0 Å². The molecule has 0 saturated heterocycles. The summed E-state index contributed by atoms with van der Waals surface area (Å²) < 4.78 is 0. The van der Waals surface area contributed by atoms with E-state index in [0.29, 0.717) is 0 Å².